The minimum absolute atomic E-state index is 0.0856. The Morgan fingerprint density at radius 3 is 2.54 bits per heavy atom. The standard InChI is InChI=1S/C10H7BrO2/c11-7-4-6-2-1-3-8(12)10(6)9(13)5-7/h1-5,12-13H. The lowest BCUT2D eigenvalue weighted by Crippen LogP contribution is -1.75. The zero-order valence-corrected chi connectivity index (χ0v) is 8.25. The van der Waals surface area contributed by atoms with Gasteiger partial charge in [-0.2, -0.15) is 0 Å². The average Bonchev–Trinajstić information content (AvgIpc) is 2.02. The van der Waals surface area contributed by atoms with E-state index >= 15 is 0 Å². The number of halogens is 1. The quantitative estimate of drug-likeness (QED) is 0.741. The lowest BCUT2D eigenvalue weighted by molar-refractivity contribution is 0.464. The van der Waals surface area contributed by atoms with Crippen molar-refractivity contribution in [1.29, 1.82) is 0 Å². The van der Waals surface area contributed by atoms with Crippen molar-refractivity contribution < 1.29 is 10.2 Å². The van der Waals surface area contributed by atoms with Gasteiger partial charge >= 0.3 is 0 Å². The highest BCUT2D eigenvalue weighted by molar-refractivity contribution is 9.10. The van der Waals surface area contributed by atoms with Crippen LogP contribution < -0.4 is 0 Å². The molecule has 0 saturated carbocycles. The number of hydrogen-bond donors (Lipinski definition) is 2. The maximum absolute atomic E-state index is 9.54. The van der Waals surface area contributed by atoms with Gasteiger partial charge in [-0.15, -0.1) is 0 Å². The van der Waals surface area contributed by atoms with Crippen LogP contribution in [0.4, 0.5) is 0 Å². The zero-order chi connectivity index (χ0) is 9.42. The summed E-state index contributed by atoms with van der Waals surface area (Å²) in [6.45, 7) is 0. The van der Waals surface area contributed by atoms with E-state index in [2.05, 4.69) is 15.9 Å². The van der Waals surface area contributed by atoms with Crippen LogP contribution in [0.3, 0.4) is 0 Å². The van der Waals surface area contributed by atoms with Crippen LogP contribution in [-0.4, -0.2) is 10.2 Å². The number of phenolic OH excluding ortho intramolecular Hbond substituents is 2. The van der Waals surface area contributed by atoms with Gasteiger partial charge in [0.05, 0.1) is 5.39 Å². The molecule has 3 heteroatoms. The molecule has 0 bridgehead atoms. The van der Waals surface area contributed by atoms with Crippen LogP contribution in [0.1, 0.15) is 0 Å². The molecule has 0 aromatic heterocycles. The summed E-state index contributed by atoms with van der Waals surface area (Å²) in [6, 6.07) is 8.52. The summed E-state index contributed by atoms with van der Waals surface area (Å²) in [5, 5.41) is 20.3. The molecule has 0 radical (unpaired) electrons. The topological polar surface area (TPSA) is 40.5 Å². The molecule has 0 saturated heterocycles. The van der Waals surface area contributed by atoms with Crippen molar-refractivity contribution in [2.24, 2.45) is 0 Å². The Balaban J connectivity index is 2.94. The summed E-state index contributed by atoms with van der Waals surface area (Å²) in [4.78, 5) is 0. The molecule has 0 heterocycles. The summed E-state index contributed by atoms with van der Waals surface area (Å²) in [6.07, 6.45) is 0. The molecule has 0 aliphatic carbocycles. The molecule has 66 valence electrons. The van der Waals surface area contributed by atoms with Gasteiger partial charge in [0, 0.05) is 4.47 Å². The highest BCUT2D eigenvalue weighted by Gasteiger charge is 2.05. The summed E-state index contributed by atoms with van der Waals surface area (Å²) >= 11 is 3.27. The van der Waals surface area contributed by atoms with Crippen LogP contribution in [-0.2, 0) is 0 Å². The van der Waals surface area contributed by atoms with E-state index in [4.69, 9.17) is 0 Å². The van der Waals surface area contributed by atoms with E-state index in [1.807, 2.05) is 12.1 Å². The van der Waals surface area contributed by atoms with Crippen molar-refractivity contribution in [2.45, 2.75) is 0 Å². The van der Waals surface area contributed by atoms with Crippen LogP contribution in [0, 0.1) is 0 Å². The molecule has 2 rings (SSSR count). The molecule has 2 N–H and O–H groups in total. The van der Waals surface area contributed by atoms with Gasteiger partial charge in [0.1, 0.15) is 11.5 Å². The summed E-state index contributed by atoms with van der Waals surface area (Å²) in [5.74, 6) is 0.185. The Morgan fingerprint density at radius 1 is 1.00 bits per heavy atom. The first-order valence-corrected chi connectivity index (χ1v) is 4.58. The van der Waals surface area contributed by atoms with Gasteiger partial charge in [-0.3, -0.25) is 0 Å². The van der Waals surface area contributed by atoms with E-state index in [9.17, 15) is 10.2 Å². The fourth-order valence-electron chi connectivity index (χ4n) is 1.35. The van der Waals surface area contributed by atoms with Crippen LogP contribution in [0.15, 0.2) is 34.8 Å². The molecule has 0 amide bonds. The molecule has 0 fully saturated rings. The molecule has 13 heavy (non-hydrogen) atoms. The maximum atomic E-state index is 9.54. The molecule has 0 atom stereocenters. The van der Waals surface area contributed by atoms with E-state index in [0.29, 0.717) is 5.39 Å². The second-order valence-corrected chi connectivity index (χ2v) is 3.72. The molecule has 0 aliphatic rings. The molecule has 2 aromatic carbocycles. The van der Waals surface area contributed by atoms with Crippen molar-refractivity contribution in [1.82, 2.24) is 0 Å². The maximum Gasteiger partial charge on any atom is 0.128 e. The minimum atomic E-state index is 0.0856. The van der Waals surface area contributed by atoms with Crippen LogP contribution in [0.5, 0.6) is 11.5 Å². The van der Waals surface area contributed by atoms with Crippen LogP contribution >= 0.6 is 15.9 Å². The van der Waals surface area contributed by atoms with E-state index in [1.165, 1.54) is 0 Å². The van der Waals surface area contributed by atoms with Crippen molar-refractivity contribution >= 4 is 26.7 Å². The van der Waals surface area contributed by atoms with Gasteiger partial charge < -0.3 is 10.2 Å². The highest BCUT2D eigenvalue weighted by atomic mass is 79.9. The largest absolute Gasteiger partial charge is 0.507 e. The third-order valence-electron chi connectivity index (χ3n) is 1.90. The number of rotatable bonds is 0. The van der Waals surface area contributed by atoms with Gasteiger partial charge in [0.15, 0.2) is 0 Å². The Hall–Kier alpha value is -1.22. The number of aromatic hydroxyl groups is 2. The summed E-state index contributed by atoms with van der Waals surface area (Å²) in [5.41, 5.74) is 0. The average molecular weight is 239 g/mol. The van der Waals surface area contributed by atoms with Gasteiger partial charge in [-0.05, 0) is 23.6 Å². The third kappa shape index (κ3) is 1.35. The minimum Gasteiger partial charge on any atom is -0.507 e. The zero-order valence-electron chi connectivity index (χ0n) is 6.66. The normalized spacial score (nSPS) is 10.5. The summed E-state index contributed by atoms with van der Waals surface area (Å²) < 4.78 is 0.795. The Morgan fingerprint density at radius 2 is 1.77 bits per heavy atom. The van der Waals surface area contributed by atoms with Crippen LogP contribution in [0.25, 0.3) is 10.8 Å². The smallest absolute Gasteiger partial charge is 0.128 e. The first kappa shape index (κ1) is 8.38. The fraction of sp³-hybridized carbons (Fsp3) is 0. The van der Waals surface area contributed by atoms with Crippen molar-refractivity contribution in [2.75, 3.05) is 0 Å². The van der Waals surface area contributed by atoms with E-state index in [1.54, 1.807) is 18.2 Å². The van der Waals surface area contributed by atoms with E-state index in [-0.39, 0.29) is 11.5 Å². The number of hydrogen-bond acceptors (Lipinski definition) is 2. The molecular weight excluding hydrogens is 232 g/mol. The predicted molar refractivity (Wildman–Crippen MR) is 55.0 cm³/mol. The number of fused-ring (bicyclic) bond motifs is 1. The van der Waals surface area contributed by atoms with Gasteiger partial charge in [0.25, 0.3) is 0 Å². The lowest BCUT2D eigenvalue weighted by Gasteiger charge is -2.03. The Kier molecular flexibility index (Phi) is 1.88. The number of benzene rings is 2. The fourth-order valence-corrected chi connectivity index (χ4v) is 1.81. The molecular formula is C10H7BrO2. The van der Waals surface area contributed by atoms with Crippen molar-refractivity contribution in [3.8, 4) is 11.5 Å². The molecule has 2 nitrogen and oxygen atoms in total. The Labute approximate surface area is 83.6 Å². The molecule has 0 unspecified atom stereocenters. The SMILES string of the molecule is Oc1cccc2cc(Br)cc(O)c12. The second-order valence-electron chi connectivity index (χ2n) is 2.80. The second kappa shape index (κ2) is 2.92. The van der Waals surface area contributed by atoms with E-state index < -0.39 is 0 Å². The first-order chi connectivity index (χ1) is 6.18. The van der Waals surface area contributed by atoms with E-state index in [0.717, 1.165) is 9.86 Å². The summed E-state index contributed by atoms with van der Waals surface area (Å²) in [7, 11) is 0. The van der Waals surface area contributed by atoms with Crippen molar-refractivity contribution in [3.63, 3.8) is 0 Å². The van der Waals surface area contributed by atoms with Crippen LogP contribution in [0.2, 0.25) is 0 Å². The molecule has 2 aromatic rings. The number of phenols is 2. The third-order valence-corrected chi connectivity index (χ3v) is 2.36. The molecule has 0 aliphatic heterocycles. The van der Waals surface area contributed by atoms with Gasteiger partial charge in [0.2, 0.25) is 0 Å². The highest BCUT2D eigenvalue weighted by Crippen LogP contribution is 2.34. The molecule has 0 spiro atoms. The van der Waals surface area contributed by atoms with Gasteiger partial charge in [-0.25, -0.2) is 0 Å². The lowest BCUT2D eigenvalue weighted by atomic mass is 10.1. The van der Waals surface area contributed by atoms with Crippen molar-refractivity contribution in [3.05, 3.63) is 34.8 Å². The first-order valence-electron chi connectivity index (χ1n) is 3.78. The Bertz CT molecular complexity index is 466. The predicted octanol–water partition coefficient (Wildman–Crippen LogP) is 3.01. The van der Waals surface area contributed by atoms with Gasteiger partial charge in [-0.1, -0.05) is 28.1 Å². The monoisotopic (exact) mass is 238 g/mol.